The van der Waals surface area contributed by atoms with Crippen LogP contribution < -0.4 is 16.8 Å². The van der Waals surface area contributed by atoms with Gasteiger partial charge in [0.25, 0.3) is 5.91 Å². The molecule has 0 bridgehead atoms. The summed E-state index contributed by atoms with van der Waals surface area (Å²) in [5, 5.41) is 11.0. The van der Waals surface area contributed by atoms with E-state index in [1.165, 1.54) is 6.07 Å². The fourth-order valence-corrected chi connectivity index (χ4v) is 1.37. The Morgan fingerprint density at radius 2 is 1.89 bits per heavy atom. The molecule has 0 aliphatic heterocycles. The summed E-state index contributed by atoms with van der Waals surface area (Å²) in [6.07, 6.45) is -1.57. The van der Waals surface area contributed by atoms with Gasteiger partial charge in [0.2, 0.25) is 0 Å². The Morgan fingerprint density at radius 1 is 1.26 bits per heavy atom. The molecule has 0 aliphatic carbocycles. The van der Waals surface area contributed by atoms with E-state index < -0.39 is 35.7 Å². The van der Waals surface area contributed by atoms with Crippen molar-refractivity contribution in [2.45, 2.75) is 18.6 Å². The Labute approximate surface area is 107 Å². The molecule has 104 valence electrons. The van der Waals surface area contributed by atoms with Gasteiger partial charge in [0.1, 0.15) is 12.2 Å². The fourth-order valence-electron chi connectivity index (χ4n) is 1.37. The molecule has 0 aliphatic rings. The van der Waals surface area contributed by atoms with E-state index in [-0.39, 0.29) is 12.0 Å². The number of hydrogen-bond donors (Lipinski definition) is 4. The maximum absolute atomic E-state index is 13.0. The number of carboxylic acid groups (broad SMARTS) is 1. The number of hydrogen-bond acceptors (Lipinski definition) is 4. The van der Waals surface area contributed by atoms with Crippen LogP contribution in [0.3, 0.4) is 0 Å². The van der Waals surface area contributed by atoms with Crippen molar-refractivity contribution in [1.82, 2.24) is 5.32 Å². The molecule has 1 unspecified atom stereocenters. The van der Waals surface area contributed by atoms with Crippen LogP contribution in [0.2, 0.25) is 0 Å². The summed E-state index contributed by atoms with van der Waals surface area (Å²) in [5.74, 6) is -4.32. The van der Waals surface area contributed by atoms with Crippen molar-refractivity contribution in [3.05, 3.63) is 35.4 Å². The Bertz CT molecular complexity index is 494. The molecule has 0 spiro atoms. The third-order valence-corrected chi connectivity index (χ3v) is 2.34. The van der Waals surface area contributed by atoms with Gasteiger partial charge in [-0.25, -0.2) is 13.6 Å². The Balaban J connectivity index is 2.81. The van der Waals surface area contributed by atoms with E-state index in [1.807, 2.05) is 0 Å². The average Bonchev–Trinajstić information content (AvgIpc) is 2.32. The number of carboxylic acids is 1. The number of benzene rings is 1. The quantitative estimate of drug-likeness (QED) is 0.530. The van der Waals surface area contributed by atoms with Crippen LogP contribution in [0.5, 0.6) is 0 Å². The number of nitrogens with two attached hydrogens (primary N) is 2. The molecule has 19 heavy (non-hydrogen) atoms. The molecule has 0 fully saturated rings. The van der Waals surface area contributed by atoms with E-state index in [4.69, 9.17) is 16.6 Å². The third kappa shape index (κ3) is 4.27. The van der Waals surface area contributed by atoms with Crippen LogP contribution in [0.15, 0.2) is 18.2 Å². The first-order valence-corrected chi connectivity index (χ1v) is 5.29. The molecule has 6 nitrogen and oxygen atoms in total. The van der Waals surface area contributed by atoms with Gasteiger partial charge in [0.15, 0.2) is 11.6 Å². The molecule has 1 aromatic rings. The molecule has 0 heterocycles. The molecule has 0 radical (unpaired) electrons. The minimum absolute atomic E-state index is 0.217. The van der Waals surface area contributed by atoms with Crippen LogP contribution in [0.4, 0.5) is 8.78 Å². The largest absolute Gasteiger partial charge is 0.480 e. The first-order valence-electron chi connectivity index (χ1n) is 5.29. The summed E-state index contributed by atoms with van der Waals surface area (Å²) in [6.45, 7) is 0. The summed E-state index contributed by atoms with van der Waals surface area (Å²) in [5.41, 5.74) is 10.4. The summed E-state index contributed by atoms with van der Waals surface area (Å²) >= 11 is 0. The second-order valence-corrected chi connectivity index (χ2v) is 3.88. The SMILES string of the molecule is NC(N)C(=O)NC(Cc1ccc(F)c(F)c1)C(=O)O. The van der Waals surface area contributed by atoms with E-state index in [2.05, 4.69) is 5.32 Å². The molecule has 0 aromatic heterocycles. The summed E-state index contributed by atoms with van der Waals surface area (Å²) in [6, 6.07) is 1.63. The van der Waals surface area contributed by atoms with Crippen molar-refractivity contribution in [3.8, 4) is 0 Å². The highest BCUT2D eigenvalue weighted by Gasteiger charge is 2.22. The number of aliphatic carboxylic acids is 1. The van der Waals surface area contributed by atoms with Crippen LogP contribution in [-0.2, 0) is 16.0 Å². The lowest BCUT2D eigenvalue weighted by Crippen LogP contribution is -2.52. The second-order valence-electron chi connectivity index (χ2n) is 3.88. The van der Waals surface area contributed by atoms with Crippen molar-refractivity contribution < 1.29 is 23.5 Å². The van der Waals surface area contributed by atoms with Crippen LogP contribution in [-0.4, -0.2) is 29.2 Å². The van der Waals surface area contributed by atoms with Gasteiger partial charge in [0, 0.05) is 6.42 Å². The summed E-state index contributed by atoms with van der Waals surface area (Å²) in [4.78, 5) is 22.2. The predicted octanol–water partition coefficient (Wildman–Crippen LogP) is -0.680. The van der Waals surface area contributed by atoms with E-state index in [1.54, 1.807) is 0 Å². The number of carbonyl (C=O) groups excluding carboxylic acids is 1. The van der Waals surface area contributed by atoms with Crippen molar-refractivity contribution in [3.63, 3.8) is 0 Å². The number of carbonyl (C=O) groups is 2. The van der Waals surface area contributed by atoms with Crippen LogP contribution >= 0.6 is 0 Å². The lowest BCUT2D eigenvalue weighted by molar-refractivity contribution is -0.141. The van der Waals surface area contributed by atoms with Gasteiger partial charge in [-0.2, -0.15) is 0 Å². The van der Waals surface area contributed by atoms with Gasteiger partial charge in [0.05, 0.1) is 0 Å². The Hall–Kier alpha value is -2.06. The Morgan fingerprint density at radius 3 is 2.37 bits per heavy atom. The monoisotopic (exact) mass is 273 g/mol. The highest BCUT2D eigenvalue weighted by molar-refractivity contribution is 5.86. The lowest BCUT2D eigenvalue weighted by atomic mass is 10.1. The lowest BCUT2D eigenvalue weighted by Gasteiger charge is -2.16. The van der Waals surface area contributed by atoms with Gasteiger partial charge in [-0.05, 0) is 17.7 Å². The van der Waals surface area contributed by atoms with Crippen molar-refractivity contribution in [1.29, 1.82) is 0 Å². The maximum atomic E-state index is 13.0. The molecule has 0 saturated heterocycles. The number of halogens is 2. The molecular formula is C11H13F2N3O3. The molecule has 1 rings (SSSR count). The summed E-state index contributed by atoms with van der Waals surface area (Å²) in [7, 11) is 0. The molecule has 1 aromatic carbocycles. The van der Waals surface area contributed by atoms with E-state index in [0.29, 0.717) is 0 Å². The minimum Gasteiger partial charge on any atom is -0.480 e. The zero-order valence-corrected chi connectivity index (χ0v) is 9.77. The minimum atomic E-state index is -1.35. The van der Waals surface area contributed by atoms with Crippen molar-refractivity contribution >= 4 is 11.9 Å². The van der Waals surface area contributed by atoms with Crippen molar-refractivity contribution in [2.75, 3.05) is 0 Å². The summed E-state index contributed by atoms with van der Waals surface area (Å²) < 4.78 is 25.7. The highest BCUT2D eigenvalue weighted by Crippen LogP contribution is 2.10. The first kappa shape index (κ1) is 15.0. The standard InChI is InChI=1S/C11H13F2N3O3/c12-6-2-1-5(3-7(6)13)4-8(11(18)19)16-10(17)9(14)15/h1-3,8-9H,4,14-15H2,(H,16,17)(H,18,19). The number of rotatable bonds is 5. The average molecular weight is 273 g/mol. The van der Waals surface area contributed by atoms with Gasteiger partial charge in [-0.3, -0.25) is 4.79 Å². The van der Waals surface area contributed by atoms with E-state index >= 15 is 0 Å². The highest BCUT2D eigenvalue weighted by atomic mass is 19.2. The van der Waals surface area contributed by atoms with Crippen LogP contribution in [0, 0.1) is 11.6 Å². The van der Waals surface area contributed by atoms with Gasteiger partial charge < -0.3 is 21.9 Å². The van der Waals surface area contributed by atoms with E-state index in [0.717, 1.165) is 12.1 Å². The van der Waals surface area contributed by atoms with Gasteiger partial charge in [-0.15, -0.1) is 0 Å². The predicted molar refractivity (Wildman–Crippen MR) is 61.8 cm³/mol. The third-order valence-electron chi connectivity index (χ3n) is 2.34. The zero-order valence-electron chi connectivity index (χ0n) is 9.77. The fraction of sp³-hybridized carbons (Fsp3) is 0.273. The topological polar surface area (TPSA) is 118 Å². The normalized spacial score (nSPS) is 12.3. The molecule has 1 atom stereocenters. The number of amides is 1. The van der Waals surface area contributed by atoms with Crippen molar-refractivity contribution in [2.24, 2.45) is 11.5 Å². The maximum Gasteiger partial charge on any atom is 0.326 e. The van der Waals surface area contributed by atoms with Crippen LogP contribution in [0.1, 0.15) is 5.56 Å². The number of nitrogens with one attached hydrogen (secondary N) is 1. The molecular weight excluding hydrogens is 260 g/mol. The van der Waals surface area contributed by atoms with Crippen LogP contribution in [0.25, 0.3) is 0 Å². The smallest absolute Gasteiger partial charge is 0.326 e. The molecule has 6 N–H and O–H groups in total. The second kappa shape index (κ2) is 6.21. The van der Waals surface area contributed by atoms with Gasteiger partial charge >= 0.3 is 5.97 Å². The van der Waals surface area contributed by atoms with E-state index in [9.17, 15) is 18.4 Å². The molecule has 1 amide bonds. The van der Waals surface area contributed by atoms with Gasteiger partial charge in [-0.1, -0.05) is 6.07 Å². The Kier molecular flexibility index (Phi) is 4.90. The molecule has 8 heteroatoms. The zero-order chi connectivity index (χ0) is 14.6. The molecule has 0 saturated carbocycles. The first-order chi connectivity index (χ1) is 8.81.